The highest BCUT2D eigenvalue weighted by Gasteiger charge is 2.08. The van der Waals surface area contributed by atoms with Crippen LogP contribution in [0, 0.1) is 0 Å². The molecule has 0 unspecified atom stereocenters. The summed E-state index contributed by atoms with van der Waals surface area (Å²) in [5.41, 5.74) is 5.52. The Hall–Kier alpha value is -2.41. The molecule has 0 saturated carbocycles. The van der Waals surface area contributed by atoms with Gasteiger partial charge in [0.05, 0.1) is 11.5 Å². The SMILES string of the molecule is Nc1nnc(COc2cc(=O)oc3ccccc23)s1. The molecule has 0 atom stereocenters. The number of benzene rings is 1. The average molecular weight is 275 g/mol. The lowest BCUT2D eigenvalue weighted by atomic mass is 10.2. The predicted molar refractivity (Wildman–Crippen MR) is 71.1 cm³/mol. The Bertz CT molecular complexity index is 781. The van der Waals surface area contributed by atoms with Crippen LogP contribution < -0.4 is 16.1 Å². The first-order valence-corrected chi connectivity index (χ1v) is 6.27. The van der Waals surface area contributed by atoms with E-state index in [1.807, 2.05) is 12.1 Å². The maximum atomic E-state index is 11.4. The van der Waals surface area contributed by atoms with Crippen molar-refractivity contribution in [2.45, 2.75) is 6.61 Å². The van der Waals surface area contributed by atoms with Gasteiger partial charge in [-0.2, -0.15) is 0 Å². The summed E-state index contributed by atoms with van der Waals surface area (Å²) >= 11 is 1.25. The number of hydrogen-bond acceptors (Lipinski definition) is 7. The average Bonchev–Trinajstić information content (AvgIpc) is 2.81. The third-order valence-corrected chi connectivity index (χ3v) is 3.17. The van der Waals surface area contributed by atoms with Crippen LogP contribution in [-0.4, -0.2) is 10.2 Å². The lowest BCUT2D eigenvalue weighted by Crippen LogP contribution is -2.01. The molecule has 0 aliphatic heterocycles. The molecule has 2 N–H and O–H groups in total. The van der Waals surface area contributed by atoms with Crippen LogP contribution in [0.2, 0.25) is 0 Å². The van der Waals surface area contributed by atoms with Gasteiger partial charge in [0.2, 0.25) is 5.13 Å². The number of fused-ring (bicyclic) bond motifs is 1. The molecule has 96 valence electrons. The number of para-hydroxylation sites is 1. The van der Waals surface area contributed by atoms with Gasteiger partial charge in [-0.3, -0.25) is 0 Å². The Morgan fingerprint density at radius 1 is 1.32 bits per heavy atom. The highest BCUT2D eigenvalue weighted by Crippen LogP contribution is 2.24. The molecular weight excluding hydrogens is 266 g/mol. The molecular formula is C12H9N3O3S. The monoisotopic (exact) mass is 275 g/mol. The molecule has 2 aromatic heterocycles. The van der Waals surface area contributed by atoms with Crippen LogP contribution >= 0.6 is 11.3 Å². The van der Waals surface area contributed by atoms with Crippen LogP contribution in [0.25, 0.3) is 11.0 Å². The van der Waals surface area contributed by atoms with E-state index < -0.39 is 5.63 Å². The lowest BCUT2D eigenvalue weighted by molar-refractivity contribution is 0.305. The summed E-state index contributed by atoms with van der Waals surface area (Å²) in [5.74, 6) is 0.459. The Morgan fingerprint density at radius 2 is 2.16 bits per heavy atom. The number of nitrogens with two attached hydrogens (primary N) is 1. The first-order chi connectivity index (χ1) is 9.22. The van der Waals surface area contributed by atoms with Gasteiger partial charge in [0, 0.05) is 0 Å². The standard InChI is InChI=1S/C12H9N3O3S/c13-12-15-14-10(19-12)6-17-9-5-11(16)18-8-4-2-1-3-7(8)9/h1-5H,6H2,(H2,13,15). The summed E-state index contributed by atoms with van der Waals surface area (Å²) in [5, 5.41) is 9.31. The fourth-order valence-corrected chi connectivity index (χ4v) is 2.19. The second kappa shape index (κ2) is 4.69. The predicted octanol–water partition coefficient (Wildman–Crippen LogP) is 1.81. The molecule has 0 bridgehead atoms. The number of nitrogen functional groups attached to an aromatic ring is 1. The topological polar surface area (TPSA) is 91.2 Å². The molecule has 0 saturated heterocycles. The van der Waals surface area contributed by atoms with Crippen LogP contribution in [0.1, 0.15) is 5.01 Å². The molecule has 1 aromatic carbocycles. The van der Waals surface area contributed by atoms with Gasteiger partial charge in [-0.05, 0) is 12.1 Å². The molecule has 7 heteroatoms. The number of anilines is 1. The van der Waals surface area contributed by atoms with Gasteiger partial charge in [-0.15, -0.1) is 10.2 Å². The summed E-state index contributed by atoms with van der Waals surface area (Å²) in [6, 6.07) is 8.49. The van der Waals surface area contributed by atoms with Gasteiger partial charge in [0.25, 0.3) is 0 Å². The van der Waals surface area contributed by atoms with E-state index in [-0.39, 0.29) is 6.61 Å². The van der Waals surface area contributed by atoms with E-state index in [2.05, 4.69) is 10.2 Å². The van der Waals surface area contributed by atoms with Crippen molar-refractivity contribution in [3.8, 4) is 5.75 Å². The molecule has 0 radical (unpaired) electrons. The molecule has 19 heavy (non-hydrogen) atoms. The number of ether oxygens (including phenoxy) is 1. The van der Waals surface area contributed by atoms with E-state index in [9.17, 15) is 4.79 Å². The van der Waals surface area contributed by atoms with Crippen molar-refractivity contribution in [3.05, 3.63) is 45.8 Å². The summed E-state index contributed by atoms with van der Waals surface area (Å²) in [7, 11) is 0. The van der Waals surface area contributed by atoms with E-state index in [1.165, 1.54) is 17.4 Å². The zero-order chi connectivity index (χ0) is 13.2. The molecule has 3 rings (SSSR count). The molecule has 0 amide bonds. The Morgan fingerprint density at radius 3 is 2.95 bits per heavy atom. The van der Waals surface area contributed by atoms with Crippen molar-refractivity contribution in [1.82, 2.24) is 10.2 Å². The molecule has 3 aromatic rings. The van der Waals surface area contributed by atoms with E-state index in [0.29, 0.717) is 21.5 Å². The van der Waals surface area contributed by atoms with Gasteiger partial charge >= 0.3 is 5.63 Å². The van der Waals surface area contributed by atoms with E-state index in [1.54, 1.807) is 12.1 Å². The third kappa shape index (κ3) is 2.41. The molecule has 0 fully saturated rings. The first-order valence-electron chi connectivity index (χ1n) is 5.46. The van der Waals surface area contributed by atoms with E-state index in [0.717, 1.165) is 5.39 Å². The van der Waals surface area contributed by atoms with Crippen molar-refractivity contribution in [2.24, 2.45) is 0 Å². The second-order valence-electron chi connectivity index (χ2n) is 3.75. The summed E-state index contributed by atoms with van der Waals surface area (Å²) in [6.45, 7) is 0.211. The fraction of sp³-hybridized carbons (Fsp3) is 0.0833. The van der Waals surface area contributed by atoms with Crippen LogP contribution in [0.5, 0.6) is 5.75 Å². The minimum Gasteiger partial charge on any atom is -0.485 e. The van der Waals surface area contributed by atoms with E-state index in [4.69, 9.17) is 14.9 Å². The summed E-state index contributed by atoms with van der Waals surface area (Å²) in [4.78, 5) is 11.4. The van der Waals surface area contributed by atoms with Gasteiger partial charge < -0.3 is 14.9 Å². The van der Waals surface area contributed by atoms with Crippen molar-refractivity contribution in [1.29, 1.82) is 0 Å². The molecule has 0 aliphatic carbocycles. The van der Waals surface area contributed by atoms with Crippen LogP contribution in [0.15, 0.2) is 39.5 Å². The van der Waals surface area contributed by atoms with Gasteiger partial charge in [-0.25, -0.2) is 4.79 Å². The summed E-state index contributed by atoms with van der Waals surface area (Å²) in [6.07, 6.45) is 0. The Kier molecular flexibility index (Phi) is 2.88. The zero-order valence-corrected chi connectivity index (χ0v) is 10.5. The van der Waals surface area contributed by atoms with Crippen molar-refractivity contribution in [3.63, 3.8) is 0 Å². The third-order valence-electron chi connectivity index (χ3n) is 2.45. The molecule has 2 heterocycles. The first kappa shape index (κ1) is 11.7. The van der Waals surface area contributed by atoms with Crippen LogP contribution in [0.4, 0.5) is 5.13 Å². The molecule has 6 nitrogen and oxygen atoms in total. The smallest absolute Gasteiger partial charge is 0.339 e. The fourth-order valence-electron chi connectivity index (χ4n) is 1.67. The minimum atomic E-state index is -0.453. The largest absolute Gasteiger partial charge is 0.485 e. The van der Waals surface area contributed by atoms with Crippen LogP contribution in [-0.2, 0) is 6.61 Å². The molecule has 0 spiro atoms. The zero-order valence-electron chi connectivity index (χ0n) is 9.70. The Labute approximate surface area is 111 Å². The quantitative estimate of drug-likeness (QED) is 0.733. The highest BCUT2D eigenvalue weighted by atomic mass is 32.1. The maximum absolute atomic E-state index is 11.4. The highest BCUT2D eigenvalue weighted by molar-refractivity contribution is 7.15. The number of hydrogen-bond donors (Lipinski definition) is 1. The summed E-state index contributed by atoms with van der Waals surface area (Å²) < 4.78 is 10.7. The van der Waals surface area contributed by atoms with Crippen molar-refractivity contribution in [2.75, 3.05) is 5.73 Å². The number of rotatable bonds is 3. The number of nitrogens with zero attached hydrogens (tertiary/aromatic N) is 2. The van der Waals surface area contributed by atoms with Crippen molar-refractivity contribution < 1.29 is 9.15 Å². The minimum absolute atomic E-state index is 0.211. The van der Waals surface area contributed by atoms with E-state index >= 15 is 0 Å². The van der Waals surface area contributed by atoms with Crippen LogP contribution in [0.3, 0.4) is 0 Å². The lowest BCUT2D eigenvalue weighted by Gasteiger charge is -2.06. The molecule has 0 aliphatic rings. The van der Waals surface area contributed by atoms with Crippen molar-refractivity contribution >= 4 is 27.4 Å². The number of aromatic nitrogens is 2. The van der Waals surface area contributed by atoms with Gasteiger partial charge in [0.15, 0.2) is 5.01 Å². The van der Waals surface area contributed by atoms with Gasteiger partial charge in [-0.1, -0.05) is 23.5 Å². The van der Waals surface area contributed by atoms with Gasteiger partial charge in [0.1, 0.15) is 17.9 Å². The normalized spacial score (nSPS) is 10.7. The second-order valence-corrected chi connectivity index (χ2v) is 4.84. The Balaban J connectivity index is 1.94. The maximum Gasteiger partial charge on any atom is 0.339 e.